The molecule has 0 saturated carbocycles. The van der Waals surface area contributed by atoms with Crippen molar-refractivity contribution in [2.45, 2.75) is 12.1 Å². The number of hydrogen-bond donors (Lipinski definition) is 4. The highest BCUT2D eigenvalue weighted by Crippen LogP contribution is 2.17. The van der Waals surface area contributed by atoms with Crippen LogP contribution in [0.4, 0.5) is 5.69 Å². The van der Waals surface area contributed by atoms with Crippen molar-refractivity contribution in [2.75, 3.05) is 51.0 Å². The van der Waals surface area contributed by atoms with E-state index in [1.165, 1.54) is 5.69 Å². The molecule has 0 unspecified atom stereocenters. The summed E-state index contributed by atoms with van der Waals surface area (Å²) in [6, 6.07) is 8.13. The predicted molar refractivity (Wildman–Crippen MR) is 80.3 cm³/mol. The molecule has 1 aromatic carbocycles. The lowest BCUT2D eigenvalue weighted by Gasteiger charge is -2.30. The first-order chi connectivity index (χ1) is 10.2. The van der Waals surface area contributed by atoms with E-state index >= 15 is 0 Å². The van der Waals surface area contributed by atoms with Gasteiger partial charge in [0.15, 0.2) is 0 Å². The van der Waals surface area contributed by atoms with Gasteiger partial charge < -0.3 is 30.3 Å². The molecule has 1 fully saturated rings. The molecular weight excluding hydrogens is 272 g/mol. The first-order valence-corrected chi connectivity index (χ1v) is 7.22. The zero-order valence-electron chi connectivity index (χ0n) is 12.2. The van der Waals surface area contributed by atoms with E-state index < -0.39 is 5.54 Å². The second-order valence-electron chi connectivity index (χ2n) is 5.37. The van der Waals surface area contributed by atoms with Gasteiger partial charge in [-0.05, 0) is 17.7 Å². The number of morpholine rings is 1. The van der Waals surface area contributed by atoms with Crippen LogP contribution in [0.15, 0.2) is 24.3 Å². The molecule has 0 spiro atoms. The van der Waals surface area contributed by atoms with Crippen LogP contribution >= 0.6 is 0 Å². The fraction of sp³-hybridized carbons (Fsp3) is 0.600. The highest BCUT2D eigenvalue weighted by molar-refractivity contribution is 5.47. The number of nitrogens with one attached hydrogen (secondary N) is 1. The summed E-state index contributed by atoms with van der Waals surface area (Å²) in [5.41, 5.74) is 1.16. The van der Waals surface area contributed by atoms with Crippen molar-refractivity contribution in [3.63, 3.8) is 0 Å². The molecule has 0 aromatic heterocycles. The second kappa shape index (κ2) is 7.72. The fourth-order valence-corrected chi connectivity index (χ4v) is 2.25. The van der Waals surface area contributed by atoms with E-state index in [0.717, 1.165) is 31.9 Å². The molecule has 1 aliphatic rings. The monoisotopic (exact) mass is 296 g/mol. The minimum Gasteiger partial charge on any atom is -0.394 e. The molecule has 1 aromatic rings. The van der Waals surface area contributed by atoms with Crippen LogP contribution in [0.1, 0.15) is 5.56 Å². The molecule has 6 nitrogen and oxygen atoms in total. The Hall–Kier alpha value is -1.18. The molecular formula is C15H24N2O4. The van der Waals surface area contributed by atoms with Crippen LogP contribution in [0, 0.1) is 0 Å². The van der Waals surface area contributed by atoms with Crippen molar-refractivity contribution in [1.29, 1.82) is 0 Å². The Bertz CT molecular complexity index is 406. The highest BCUT2D eigenvalue weighted by Gasteiger charge is 2.26. The maximum absolute atomic E-state index is 9.27. The topological polar surface area (TPSA) is 85.2 Å². The minimum atomic E-state index is -1.04. The van der Waals surface area contributed by atoms with E-state index in [9.17, 15) is 15.3 Å². The van der Waals surface area contributed by atoms with Crippen LogP contribution in [0.5, 0.6) is 0 Å². The van der Waals surface area contributed by atoms with Crippen LogP contribution in [0.2, 0.25) is 0 Å². The number of nitrogens with zero attached hydrogens (tertiary/aromatic N) is 1. The van der Waals surface area contributed by atoms with Crippen LogP contribution in [0.3, 0.4) is 0 Å². The van der Waals surface area contributed by atoms with Gasteiger partial charge in [-0.15, -0.1) is 0 Å². The quantitative estimate of drug-likeness (QED) is 0.534. The van der Waals surface area contributed by atoms with Crippen molar-refractivity contribution in [3.05, 3.63) is 29.8 Å². The van der Waals surface area contributed by atoms with E-state index in [2.05, 4.69) is 22.3 Å². The first-order valence-electron chi connectivity index (χ1n) is 7.22. The van der Waals surface area contributed by atoms with Gasteiger partial charge in [0.2, 0.25) is 0 Å². The fourth-order valence-electron chi connectivity index (χ4n) is 2.25. The predicted octanol–water partition coefficient (Wildman–Crippen LogP) is -0.671. The van der Waals surface area contributed by atoms with Crippen LogP contribution < -0.4 is 10.2 Å². The van der Waals surface area contributed by atoms with Gasteiger partial charge >= 0.3 is 0 Å². The third-order valence-corrected chi connectivity index (χ3v) is 3.89. The summed E-state index contributed by atoms with van der Waals surface area (Å²) in [4.78, 5) is 2.28. The molecule has 2 rings (SSSR count). The van der Waals surface area contributed by atoms with E-state index in [-0.39, 0.29) is 19.8 Å². The summed E-state index contributed by atoms with van der Waals surface area (Å²) in [5, 5.41) is 30.8. The zero-order chi connectivity index (χ0) is 15.1. The normalized spacial score (nSPS) is 16.2. The van der Waals surface area contributed by atoms with E-state index in [1.54, 1.807) is 0 Å². The summed E-state index contributed by atoms with van der Waals surface area (Å²) >= 11 is 0. The molecule has 118 valence electrons. The van der Waals surface area contributed by atoms with Crippen LogP contribution in [0.25, 0.3) is 0 Å². The minimum absolute atomic E-state index is 0.314. The summed E-state index contributed by atoms with van der Waals surface area (Å²) in [6.45, 7) is 2.86. The molecule has 1 heterocycles. The van der Waals surface area contributed by atoms with Gasteiger partial charge in [0, 0.05) is 25.3 Å². The van der Waals surface area contributed by atoms with Crippen molar-refractivity contribution < 1.29 is 20.1 Å². The van der Waals surface area contributed by atoms with E-state index in [1.807, 2.05) is 12.1 Å². The lowest BCUT2D eigenvalue weighted by atomic mass is 10.0. The van der Waals surface area contributed by atoms with E-state index in [4.69, 9.17) is 4.74 Å². The third kappa shape index (κ3) is 4.15. The van der Waals surface area contributed by atoms with Gasteiger partial charge in [-0.2, -0.15) is 0 Å². The molecule has 0 radical (unpaired) electrons. The maximum Gasteiger partial charge on any atom is 0.0884 e. The Labute approximate surface area is 125 Å². The smallest absolute Gasteiger partial charge is 0.0884 e. The van der Waals surface area contributed by atoms with E-state index in [0.29, 0.717) is 6.54 Å². The van der Waals surface area contributed by atoms with Gasteiger partial charge in [-0.1, -0.05) is 12.1 Å². The molecule has 21 heavy (non-hydrogen) atoms. The third-order valence-electron chi connectivity index (χ3n) is 3.89. The molecule has 1 saturated heterocycles. The van der Waals surface area contributed by atoms with Crippen LogP contribution in [-0.2, 0) is 11.3 Å². The number of rotatable bonds is 7. The molecule has 0 bridgehead atoms. The molecule has 0 amide bonds. The number of anilines is 1. The Morgan fingerprint density at radius 1 is 1.00 bits per heavy atom. The Morgan fingerprint density at radius 2 is 1.57 bits per heavy atom. The zero-order valence-corrected chi connectivity index (χ0v) is 12.2. The average Bonchev–Trinajstić information content (AvgIpc) is 2.58. The van der Waals surface area contributed by atoms with Crippen molar-refractivity contribution in [2.24, 2.45) is 0 Å². The van der Waals surface area contributed by atoms with Crippen molar-refractivity contribution in [1.82, 2.24) is 5.32 Å². The van der Waals surface area contributed by atoms with Gasteiger partial charge in [0.25, 0.3) is 0 Å². The van der Waals surface area contributed by atoms with Gasteiger partial charge in [-0.3, -0.25) is 0 Å². The molecule has 0 aliphatic carbocycles. The molecule has 0 atom stereocenters. The van der Waals surface area contributed by atoms with Gasteiger partial charge in [0.1, 0.15) is 0 Å². The van der Waals surface area contributed by atoms with Gasteiger partial charge in [0.05, 0.1) is 38.6 Å². The summed E-state index contributed by atoms with van der Waals surface area (Å²) in [6.07, 6.45) is 0. The number of aliphatic hydroxyl groups excluding tert-OH is 3. The number of aliphatic hydroxyl groups is 3. The highest BCUT2D eigenvalue weighted by atomic mass is 16.5. The lowest BCUT2D eigenvalue weighted by molar-refractivity contribution is 0.0414. The average molecular weight is 296 g/mol. The summed E-state index contributed by atoms with van der Waals surface area (Å²) in [5.74, 6) is 0. The van der Waals surface area contributed by atoms with Crippen molar-refractivity contribution in [3.8, 4) is 0 Å². The first kappa shape index (κ1) is 16.2. The SMILES string of the molecule is OCC(CO)(CO)NCc1ccc(N2CCOCC2)cc1. The molecule has 1 aliphatic heterocycles. The van der Waals surface area contributed by atoms with Crippen LogP contribution in [-0.4, -0.2) is 67.0 Å². The Kier molecular flexibility index (Phi) is 5.96. The Balaban J connectivity index is 1.92. The molecule has 4 N–H and O–H groups in total. The second-order valence-corrected chi connectivity index (χ2v) is 5.37. The van der Waals surface area contributed by atoms with Crippen molar-refractivity contribution >= 4 is 5.69 Å². The number of benzene rings is 1. The number of hydrogen-bond acceptors (Lipinski definition) is 6. The summed E-state index contributed by atoms with van der Waals surface area (Å²) < 4.78 is 5.34. The maximum atomic E-state index is 9.27. The largest absolute Gasteiger partial charge is 0.394 e. The number of ether oxygens (including phenoxy) is 1. The molecule has 6 heteroatoms. The van der Waals surface area contributed by atoms with Gasteiger partial charge in [-0.25, -0.2) is 0 Å². The summed E-state index contributed by atoms with van der Waals surface area (Å²) in [7, 11) is 0. The Morgan fingerprint density at radius 3 is 2.10 bits per heavy atom. The standard InChI is InChI=1S/C15H24N2O4/c18-10-15(11-19,12-20)16-9-13-1-3-14(4-2-13)17-5-7-21-8-6-17/h1-4,16,18-20H,5-12H2. The lowest BCUT2D eigenvalue weighted by Crippen LogP contribution is -2.54.